The predicted molar refractivity (Wildman–Crippen MR) is 45.5 cm³/mol. The van der Waals surface area contributed by atoms with Crippen LogP contribution in [0.1, 0.15) is 27.2 Å². The van der Waals surface area contributed by atoms with Crippen LogP contribution >= 0.6 is 0 Å². The maximum atomic E-state index is 10.5. The van der Waals surface area contributed by atoms with E-state index in [0.717, 1.165) is 25.8 Å². The van der Waals surface area contributed by atoms with Gasteiger partial charge < -0.3 is 4.79 Å². The number of carbonyl (C=O) groups is 1. The molecule has 11 heavy (non-hydrogen) atoms. The van der Waals surface area contributed by atoms with Crippen molar-refractivity contribution in [2.75, 3.05) is 13.1 Å². The molecule has 2 heteroatoms. The minimum Gasteiger partial charge on any atom is -0.303 e. The summed E-state index contributed by atoms with van der Waals surface area (Å²) in [7, 11) is 0. The third-order valence-electron chi connectivity index (χ3n) is 2.37. The van der Waals surface area contributed by atoms with Crippen LogP contribution < -0.4 is 0 Å². The zero-order valence-electron chi connectivity index (χ0n) is 7.63. The SMILES string of the molecule is CC(C)(C)N1CC[C@H](C=O)C1. The lowest BCUT2D eigenvalue weighted by Gasteiger charge is -2.31. The van der Waals surface area contributed by atoms with Crippen molar-refractivity contribution >= 4 is 6.29 Å². The first kappa shape index (κ1) is 8.72. The van der Waals surface area contributed by atoms with E-state index in [-0.39, 0.29) is 11.5 Å². The largest absolute Gasteiger partial charge is 0.303 e. The Morgan fingerprint density at radius 2 is 2.09 bits per heavy atom. The van der Waals surface area contributed by atoms with Gasteiger partial charge in [0.2, 0.25) is 0 Å². The number of likely N-dealkylation sites (tertiary alicyclic amines) is 1. The topological polar surface area (TPSA) is 20.3 Å². The first-order valence-corrected chi connectivity index (χ1v) is 4.24. The second kappa shape index (κ2) is 2.94. The first-order valence-electron chi connectivity index (χ1n) is 4.24. The van der Waals surface area contributed by atoms with Crippen molar-refractivity contribution in [1.82, 2.24) is 4.90 Å². The molecule has 0 N–H and O–H groups in total. The van der Waals surface area contributed by atoms with E-state index in [9.17, 15) is 4.79 Å². The molecule has 0 aromatic carbocycles. The summed E-state index contributed by atoms with van der Waals surface area (Å²) >= 11 is 0. The second-order valence-corrected chi connectivity index (χ2v) is 4.30. The average Bonchev–Trinajstić information content (AvgIpc) is 2.32. The summed E-state index contributed by atoms with van der Waals surface area (Å²) in [5, 5.41) is 0. The van der Waals surface area contributed by atoms with Crippen molar-refractivity contribution < 1.29 is 4.79 Å². The molecule has 2 nitrogen and oxygen atoms in total. The number of aldehydes is 1. The highest BCUT2D eigenvalue weighted by Crippen LogP contribution is 2.22. The molecule has 1 aliphatic heterocycles. The van der Waals surface area contributed by atoms with Gasteiger partial charge in [0, 0.05) is 18.0 Å². The van der Waals surface area contributed by atoms with Gasteiger partial charge in [-0.3, -0.25) is 4.90 Å². The van der Waals surface area contributed by atoms with Crippen LogP contribution in [0, 0.1) is 5.92 Å². The number of hydrogen-bond donors (Lipinski definition) is 0. The predicted octanol–water partition coefficient (Wildman–Crippen LogP) is 1.31. The summed E-state index contributed by atoms with van der Waals surface area (Å²) in [5.41, 5.74) is 0.234. The van der Waals surface area contributed by atoms with Crippen molar-refractivity contribution in [3.05, 3.63) is 0 Å². The Hall–Kier alpha value is -0.370. The normalized spacial score (nSPS) is 27.4. The van der Waals surface area contributed by atoms with E-state index in [2.05, 4.69) is 25.7 Å². The molecule has 0 spiro atoms. The minimum atomic E-state index is 0.234. The van der Waals surface area contributed by atoms with Gasteiger partial charge in [-0.2, -0.15) is 0 Å². The molecule has 0 aliphatic carbocycles. The van der Waals surface area contributed by atoms with Crippen LogP contribution in [0.25, 0.3) is 0 Å². The van der Waals surface area contributed by atoms with E-state index in [0.29, 0.717) is 0 Å². The van der Waals surface area contributed by atoms with Crippen LogP contribution in [0.5, 0.6) is 0 Å². The molecule has 0 aromatic rings. The van der Waals surface area contributed by atoms with E-state index >= 15 is 0 Å². The fourth-order valence-electron chi connectivity index (χ4n) is 1.51. The van der Waals surface area contributed by atoms with Crippen molar-refractivity contribution in [3.8, 4) is 0 Å². The van der Waals surface area contributed by atoms with Gasteiger partial charge in [-0.15, -0.1) is 0 Å². The van der Waals surface area contributed by atoms with Gasteiger partial charge in [0.15, 0.2) is 0 Å². The average molecular weight is 155 g/mol. The van der Waals surface area contributed by atoms with Crippen LogP contribution in [0.3, 0.4) is 0 Å². The number of hydrogen-bond acceptors (Lipinski definition) is 2. The molecule has 0 aromatic heterocycles. The summed E-state index contributed by atoms with van der Waals surface area (Å²) in [5.74, 6) is 0.286. The Bertz CT molecular complexity index is 148. The number of nitrogens with zero attached hydrogens (tertiary/aromatic N) is 1. The van der Waals surface area contributed by atoms with Gasteiger partial charge >= 0.3 is 0 Å². The molecule has 1 rings (SSSR count). The van der Waals surface area contributed by atoms with Crippen LogP contribution in [0.2, 0.25) is 0 Å². The Morgan fingerprint density at radius 3 is 2.36 bits per heavy atom. The zero-order valence-corrected chi connectivity index (χ0v) is 7.63. The van der Waals surface area contributed by atoms with Crippen LogP contribution in [-0.4, -0.2) is 29.8 Å². The second-order valence-electron chi connectivity index (χ2n) is 4.30. The van der Waals surface area contributed by atoms with Gasteiger partial charge in [0.25, 0.3) is 0 Å². The molecule has 1 fully saturated rings. The smallest absolute Gasteiger partial charge is 0.124 e. The lowest BCUT2D eigenvalue weighted by molar-refractivity contribution is -0.110. The Labute approximate surface area is 68.6 Å². The Kier molecular flexibility index (Phi) is 2.33. The summed E-state index contributed by atoms with van der Waals surface area (Å²) < 4.78 is 0. The Balaban J connectivity index is 2.48. The monoisotopic (exact) mass is 155 g/mol. The van der Waals surface area contributed by atoms with Crippen LogP contribution in [0.15, 0.2) is 0 Å². The first-order chi connectivity index (χ1) is 5.04. The van der Waals surface area contributed by atoms with Crippen LogP contribution in [-0.2, 0) is 4.79 Å². The van der Waals surface area contributed by atoms with E-state index in [1.54, 1.807) is 0 Å². The molecule has 0 unspecified atom stereocenters. The van der Waals surface area contributed by atoms with Gasteiger partial charge in [-0.25, -0.2) is 0 Å². The fourth-order valence-corrected chi connectivity index (χ4v) is 1.51. The molecule has 64 valence electrons. The lowest BCUT2D eigenvalue weighted by Crippen LogP contribution is -2.39. The van der Waals surface area contributed by atoms with Crippen molar-refractivity contribution in [3.63, 3.8) is 0 Å². The van der Waals surface area contributed by atoms with Crippen molar-refractivity contribution in [2.45, 2.75) is 32.7 Å². The van der Waals surface area contributed by atoms with Gasteiger partial charge in [-0.05, 0) is 33.7 Å². The van der Waals surface area contributed by atoms with E-state index in [1.165, 1.54) is 0 Å². The highest BCUT2D eigenvalue weighted by atomic mass is 16.1. The number of carbonyl (C=O) groups excluding carboxylic acids is 1. The molecule has 0 amide bonds. The summed E-state index contributed by atoms with van der Waals surface area (Å²) in [6, 6.07) is 0. The van der Waals surface area contributed by atoms with Gasteiger partial charge in [0.05, 0.1) is 0 Å². The molecule has 0 saturated carbocycles. The van der Waals surface area contributed by atoms with E-state index in [4.69, 9.17) is 0 Å². The molecule has 0 radical (unpaired) electrons. The molecule has 1 aliphatic rings. The van der Waals surface area contributed by atoms with Gasteiger partial charge in [0.1, 0.15) is 6.29 Å². The fraction of sp³-hybridized carbons (Fsp3) is 0.889. The summed E-state index contributed by atoms with van der Waals surface area (Å²) in [6.45, 7) is 8.61. The molecule has 0 bridgehead atoms. The molecular formula is C9H17NO. The maximum absolute atomic E-state index is 10.5. The Morgan fingerprint density at radius 1 is 1.45 bits per heavy atom. The van der Waals surface area contributed by atoms with Gasteiger partial charge in [-0.1, -0.05) is 0 Å². The third kappa shape index (κ3) is 2.03. The highest BCUT2D eigenvalue weighted by molar-refractivity contribution is 5.54. The third-order valence-corrected chi connectivity index (χ3v) is 2.37. The summed E-state index contributed by atoms with van der Waals surface area (Å²) in [4.78, 5) is 12.8. The van der Waals surface area contributed by atoms with Crippen molar-refractivity contribution in [2.24, 2.45) is 5.92 Å². The van der Waals surface area contributed by atoms with Crippen LogP contribution in [0.4, 0.5) is 0 Å². The quantitative estimate of drug-likeness (QED) is 0.532. The molecule has 1 heterocycles. The summed E-state index contributed by atoms with van der Waals surface area (Å²) in [6.07, 6.45) is 2.13. The molecule has 1 saturated heterocycles. The standard InChI is InChI=1S/C9H17NO/c1-9(2,3)10-5-4-8(6-10)7-11/h7-8H,4-6H2,1-3H3/t8-/m0/s1. The minimum absolute atomic E-state index is 0.234. The molecular weight excluding hydrogens is 138 g/mol. The molecule has 1 atom stereocenters. The van der Waals surface area contributed by atoms with E-state index in [1.807, 2.05) is 0 Å². The zero-order chi connectivity index (χ0) is 8.48. The lowest BCUT2D eigenvalue weighted by atomic mass is 10.1. The highest BCUT2D eigenvalue weighted by Gasteiger charge is 2.29. The van der Waals surface area contributed by atoms with E-state index < -0.39 is 0 Å². The maximum Gasteiger partial charge on any atom is 0.124 e. The number of rotatable bonds is 1. The van der Waals surface area contributed by atoms with Crippen molar-refractivity contribution in [1.29, 1.82) is 0 Å².